The first-order chi connectivity index (χ1) is 6.39. The highest BCUT2D eigenvalue weighted by molar-refractivity contribution is 5.80. The van der Waals surface area contributed by atoms with Crippen LogP contribution in [0.4, 0.5) is 0 Å². The van der Waals surface area contributed by atoms with Gasteiger partial charge in [-0.15, -0.1) is 0 Å². The molecule has 0 aliphatic carbocycles. The van der Waals surface area contributed by atoms with Crippen LogP contribution in [0.25, 0.3) is 0 Å². The van der Waals surface area contributed by atoms with E-state index in [2.05, 4.69) is 10.5 Å². The van der Waals surface area contributed by atoms with Crippen LogP contribution in [-0.2, 0) is 0 Å². The second-order valence-electron chi connectivity index (χ2n) is 4.09. The summed E-state index contributed by atoms with van der Waals surface area (Å²) in [5, 5.41) is 23.9. The standard InChI is InChI=1S/C9H21N3O2/c1-4-7(5-8(10)12-14)11-6-9(2,3)13/h7,11,13-14H,4-6H2,1-3H3,(H2,10,12). The van der Waals surface area contributed by atoms with E-state index in [-0.39, 0.29) is 11.9 Å². The van der Waals surface area contributed by atoms with Crippen molar-refractivity contribution in [2.75, 3.05) is 6.54 Å². The van der Waals surface area contributed by atoms with Crippen molar-refractivity contribution < 1.29 is 10.3 Å². The van der Waals surface area contributed by atoms with Gasteiger partial charge in [0.25, 0.3) is 0 Å². The van der Waals surface area contributed by atoms with E-state index in [4.69, 9.17) is 10.9 Å². The highest BCUT2D eigenvalue weighted by atomic mass is 16.4. The summed E-state index contributed by atoms with van der Waals surface area (Å²) < 4.78 is 0. The molecule has 84 valence electrons. The number of nitrogens with one attached hydrogen (secondary N) is 1. The first-order valence-corrected chi connectivity index (χ1v) is 4.81. The van der Waals surface area contributed by atoms with Crippen molar-refractivity contribution in [3.8, 4) is 0 Å². The van der Waals surface area contributed by atoms with Gasteiger partial charge in [-0.2, -0.15) is 0 Å². The van der Waals surface area contributed by atoms with Gasteiger partial charge in [-0.05, 0) is 20.3 Å². The van der Waals surface area contributed by atoms with E-state index < -0.39 is 5.60 Å². The Morgan fingerprint density at radius 2 is 2.14 bits per heavy atom. The topological polar surface area (TPSA) is 90.9 Å². The normalized spacial score (nSPS) is 15.6. The molecular formula is C9H21N3O2. The van der Waals surface area contributed by atoms with Crippen molar-refractivity contribution in [1.29, 1.82) is 0 Å². The van der Waals surface area contributed by atoms with Crippen molar-refractivity contribution in [2.24, 2.45) is 10.9 Å². The predicted octanol–water partition coefficient (Wildman–Crippen LogP) is 0.262. The lowest BCUT2D eigenvalue weighted by atomic mass is 10.1. The van der Waals surface area contributed by atoms with E-state index in [9.17, 15) is 5.11 Å². The SMILES string of the molecule is CCC(CC(N)=NO)NCC(C)(C)O. The van der Waals surface area contributed by atoms with Gasteiger partial charge in [0.15, 0.2) is 0 Å². The zero-order chi connectivity index (χ0) is 11.2. The van der Waals surface area contributed by atoms with Crippen LogP contribution in [0.15, 0.2) is 5.16 Å². The van der Waals surface area contributed by atoms with Gasteiger partial charge in [0.1, 0.15) is 5.84 Å². The minimum atomic E-state index is -0.738. The number of rotatable bonds is 6. The molecule has 5 nitrogen and oxygen atoms in total. The maximum atomic E-state index is 9.48. The molecular weight excluding hydrogens is 182 g/mol. The number of hydrogen-bond acceptors (Lipinski definition) is 4. The van der Waals surface area contributed by atoms with Crippen molar-refractivity contribution in [1.82, 2.24) is 5.32 Å². The molecule has 0 aliphatic heterocycles. The Morgan fingerprint density at radius 3 is 2.50 bits per heavy atom. The van der Waals surface area contributed by atoms with E-state index >= 15 is 0 Å². The van der Waals surface area contributed by atoms with Gasteiger partial charge in [0.05, 0.1) is 5.60 Å². The maximum Gasteiger partial charge on any atom is 0.140 e. The Labute approximate surface area is 85.0 Å². The lowest BCUT2D eigenvalue weighted by Crippen LogP contribution is -2.42. The molecule has 5 heteroatoms. The Balaban J connectivity index is 3.92. The van der Waals surface area contributed by atoms with Gasteiger partial charge >= 0.3 is 0 Å². The van der Waals surface area contributed by atoms with Crippen LogP contribution < -0.4 is 11.1 Å². The molecule has 5 N–H and O–H groups in total. The summed E-state index contributed by atoms with van der Waals surface area (Å²) in [6.45, 7) is 5.96. The molecule has 14 heavy (non-hydrogen) atoms. The molecule has 1 atom stereocenters. The minimum absolute atomic E-state index is 0.136. The number of nitrogens with two attached hydrogens (primary N) is 1. The summed E-state index contributed by atoms with van der Waals surface area (Å²) in [4.78, 5) is 0. The van der Waals surface area contributed by atoms with Crippen molar-refractivity contribution in [3.63, 3.8) is 0 Å². The summed E-state index contributed by atoms with van der Waals surface area (Å²) in [6.07, 6.45) is 1.36. The fourth-order valence-corrected chi connectivity index (χ4v) is 1.05. The van der Waals surface area contributed by atoms with Crippen LogP contribution >= 0.6 is 0 Å². The maximum absolute atomic E-state index is 9.48. The molecule has 0 spiro atoms. The molecule has 0 aromatic carbocycles. The molecule has 0 heterocycles. The van der Waals surface area contributed by atoms with E-state index in [0.29, 0.717) is 13.0 Å². The van der Waals surface area contributed by atoms with Gasteiger partial charge < -0.3 is 21.4 Å². The van der Waals surface area contributed by atoms with Crippen LogP contribution in [0.1, 0.15) is 33.6 Å². The molecule has 0 aromatic rings. The Hall–Kier alpha value is -0.810. The van der Waals surface area contributed by atoms with Gasteiger partial charge in [0, 0.05) is 19.0 Å². The monoisotopic (exact) mass is 203 g/mol. The third kappa shape index (κ3) is 6.68. The first-order valence-electron chi connectivity index (χ1n) is 4.81. The summed E-state index contributed by atoms with van der Waals surface area (Å²) in [6, 6.07) is 0.136. The zero-order valence-corrected chi connectivity index (χ0v) is 9.12. The number of oxime groups is 1. The quantitative estimate of drug-likeness (QED) is 0.216. The number of aliphatic hydroxyl groups is 1. The number of amidine groups is 1. The van der Waals surface area contributed by atoms with Crippen LogP contribution in [0.3, 0.4) is 0 Å². The summed E-state index contributed by atoms with van der Waals surface area (Å²) in [5.74, 6) is 0.208. The highest BCUT2D eigenvalue weighted by Gasteiger charge is 2.15. The van der Waals surface area contributed by atoms with Gasteiger partial charge in [0.2, 0.25) is 0 Å². The fraction of sp³-hybridized carbons (Fsp3) is 0.889. The summed E-state index contributed by atoms with van der Waals surface area (Å²) in [7, 11) is 0. The lowest BCUT2D eigenvalue weighted by Gasteiger charge is -2.22. The molecule has 0 aromatic heterocycles. The second kappa shape index (κ2) is 5.82. The van der Waals surface area contributed by atoms with Gasteiger partial charge in [-0.25, -0.2) is 0 Å². The average molecular weight is 203 g/mol. The Kier molecular flexibility index (Phi) is 5.49. The van der Waals surface area contributed by atoms with Crippen LogP contribution in [0, 0.1) is 0 Å². The minimum Gasteiger partial charge on any atom is -0.409 e. The highest BCUT2D eigenvalue weighted by Crippen LogP contribution is 2.02. The molecule has 0 amide bonds. The summed E-state index contributed by atoms with van der Waals surface area (Å²) in [5.41, 5.74) is 4.65. The molecule has 0 aliphatic rings. The van der Waals surface area contributed by atoms with Crippen LogP contribution in [0.2, 0.25) is 0 Å². The van der Waals surface area contributed by atoms with Crippen LogP contribution in [0.5, 0.6) is 0 Å². The molecule has 0 bridgehead atoms. The smallest absolute Gasteiger partial charge is 0.140 e. The zero-order valence-electron chi connectivity index (χ0n) is 9.12. The Morgan fingerprint density at radius 1 is 1.57 bits per heavy atom. The number of nitrogens with zero attached hydrogens (tertiary/aromatic N) is 1. The molecule has 0 saturated carbocycles. The van der Waals surface area contributed by atoms with Crippen molar-refractivity contribution in [2.45, 2.75) is 45.3 Å². The van der Waals surface area contributed by atoms with Gasteiger partial charge in [-0.1, -0.05) is 12.1 Å². The largest absolute Gasteiger partial charge is 0.409 e. The van der Waals surface area contributed by atoms with E-state index in [1.807, 2.05) is 6.92 Å². The molecule has 0 saturated heterocycles. The van der Waals surface area contributed by atoms with Crippen molar-refractivity contribution >= 4 is 5.84 Å². The molecule has 0 fully saturated rings. The third-order valence-electron chi connectivity index (χ3n) is 1.90. The van der Waals surface area contributed by atoms with E-state index in [1.165, 1.54) is 0 Å². The molecule has 0 rings (SSSR count). The third-order valence-corrected chi connectivity index (χ3v) is 1.90. The number of hydrogen-bond donors (Lipinski definition) is 4. The van der Waals surface area contributed by atoms with E-state index in [1.54, 1.807) is 13.8 Å². The molecule has 0 radical (unpaired) electrons. The summed E-state index contributed by atoms with van der Waals surface area (Å²) >= 11 is 0. The fourth-order valence-electron chi connectivity index (χ4n) is 1.05. The molecule has 1 unspecified atom stereocenters. The van der Waals surface area contributed by atoms with Crippen molar-refractivity contribution in [3.05, 3.63) is 0 Å². The Bertz CT molecular complexity index is 187. The second-order valence-corrected chi connectivity index (χ2v) is 4.09. The van der Waals surface area contributed by atoms with Gasteiger partial charge in [-0.3, -0.25) is 0 Å². The average Bonchev–Trinajstić information content (AvgIpc) is 2.10. The van der Waals surface area contributed by atoms with E-state index in [0.717, 1.165) is 6.42 Å². The van der Waals surface area contributed by atoms with Crippen LogP contribution in [-0.4, -0.2) is 34.3 Å². The lowest BCUT2D eigenvalue weighted by molar-refractivity contribution is 0.0764. The first kappa shape index (κ1) is 13.2. The predicted molar refractivity (Wildman–Crippen MR) is 56.4 cm³/mol.